The maximum atomic E-state index is 12.2. The van der Waals surface area contributed by atoms with Gasteiger partial charge in [-0.1, -0.05) is 42.1 Å². The van der Waals surface area contributed by atoms with Crippen molar-refractivity contribution >= 4 is 29.1 Å². The molecule has 116 valence electrons. The number of carbonyl (C=O) groups is 1. The summed E-state index contributed by atoms with van der Waals surface area (Å²) in [4.78, 5) is 14.4. The minimum absolute atomic E-state index is 0.0513. The van der Waals surface area contributed by atoms with Crippen LogP contribution in [0.15, 0.2) is 18.2 Å². The average molecular weight is 329 g/mol. The Morgan fingerprint density at radius 1 is 1.24 bits per heavy atom. The van der Waals surface area contributed by atoms with Crippen molar-refractivity contribution in [1.82, 2.24) is 10.2 Å². The highest BCUT2D eigenvalue weighted by molar-refractivity contribution is 6.35. The smallest absolute Gasteiger partial charge is 0.234 e. The van der Waals surface area contributed by atoms with Crippen molar-refractivity contribution in [2.75, 3.05) is 19.6 Å². The van der Waals surface area contributed by atoms with Crippen LogP contribution in [-0.4, -0.2) is 30.4 Å². The number of carbonyl (C=O) groups excluding carboxylic acids is 1. The van der Waals surface area contributed by atoms with Crippen molar-refractivity contribution in [2.45, 2.75) is 38.6 Å². The van der Waals surface area contributed by atoms with E-state index in [9.17, 15) is 4.79 Å². The molecule has 1 N–H and O–H groups in total. The molecule has 1 amide bonds. The molecule has 0 bridgehead atoms. The Balaban J connectivity index is 1.89. The summed E-state index contributed by atoms with van der Waals surface area (Å²) in [6.07, 6.45) is 4.92. The summed E-state index contributed by atoms with van der Waals surface area (Å²) in [7, 11) is 0. The number of nitrogens with one attached hydrogen (secondary N) is 1. The summed E-state index contributed by atoms with van der Waals surface area (Å²) < 4.78 is 0. The molecule has 1 aliphatic rings. The van der Waals surface area contributed by atoms with Gasteiger partial charge in [0, 0.05) is 10.0 Å². The van der Waals surface area contributed by atoms with Crippen LogP contribution in [0.3, 0.4) is 0 Å². The fourth-order valence-corrected chi connectivity index (χ4v) is 3.29. The maximum Gasteiger partial charge on any atom is 0.234 e. The molecule has 5 heteroatoms. The lowest BCUT2D eigenvalue weighted by molar-refractivity contribution is -0.122. The molecule has 3 nitrogen and oxygen atoms in total. The van der Waals surface area contributed by atoms with Crippen molar-refractivity contribution in [1.29, 1.82) is 0 Å². The predicted octanol–water partition coefficient (Wildman–Crippen LogP) is 4.05. The van der Waals surface area contributed by atoms with Crippen LogP contribution in [0.25, 0.3) is 0 Å². The van der Waals surface area contributed by atoms with E-state index in [-0.39, 0.29) is 11.9 Å². The zero-order valence-electron chi connectivity index (χ0n) is 12.4. The SMILES string of the molecule is C[C@H](NC(=O)CN1CCCCCC1)c1ccc(Cl)cc1Cl. The van der Waals surface area contributed by atoms with Crippen molar-refractivity contribution in [3.8, 4) is 0 Å². The zero-order valence-corrected chi connectivity index (χ0v) is 13.9. The van der Waals surface area contributed by atoms with E-state index >= 15 is 0 Å². The molecule has 0 aromatic heterocycles. The second-order valence-corrected chi connectivity index (χ2v) is 6.49. The van der Waals surface area contributed by atoms with E-state index in [0.717, 1.165) is 18.7 Å². The third-order valence-electron chi connectivity index (χ3n) is 3.87. The maximum absolute atomic E-state index is 12.2. The number of rotatable bonds is 4. The fourth-order valence-electron chi connectivity index (χ4n) is 2.71. The molecule has 1 fully saturated rings. The number of likely N-dealkylation sites (tertiary alicyclic amines) is 1. The molecule has 0 spiro atoms. The van der Waals surface area contributed by atoms with Gasteiger partial charge in [0.15, 0.2) is 0 Å². The molecule has 1 saturated heterocycles. The fraction of sp³-hybridized carbons (Fsp3) is 0.562. The monoisotopic (exact) mass is 328 g/mol. The molecule has 0 radical (unpaired) electrons. The number of hydrogen-bond donors (Lipinski definition) is 1. The summed E-state index contributed by atoms with van der Waals surface area (Å²) in [6.45, 7) is 4.44. The standard InChI is InChI=1S/C16H22Cl2N2O/c1-12(14-7-6-13(17)10-15(14)18)19-16(21)11-20-8-4-2-3-5-9-20/h6-7,10,12H,2-5,8-9,11H2,1H3,(H,19,21)/t12-/m0/s1. The van der Waals surface area contributed by atoms with E-state index in [1.165, 1.54) is 25.7 Å². The largest absolute Gasteiger partial charge is 0.348 e. The predicted molar refractivity (Wildman–Crippen MR) is 87.9 cm³/mol. The van der Waals surface area contributed by atoms with Crippen LogP contribution in [0.2, 0.25) is 10.0 Å². The summed E-state index contributed by atoms with van der Waals surface area (Å²) >= 11 is 12.1. The van der Waals surface area contributed by atoms with Gasteiger partial charge < -0.3 is 5.32 Å². The van der Waals surface area contributed by atoms with Gasteiger partial charge in [0.1, 0.15) is 0 Å². The molecule has 0 saturated carbocycles. The number of amides is 1. The first-order valence-corrected chi connectivity index (χ1v) is 8.28. The highest BCUT2D eigenvalue weighted by Gasteiger charge is 2.16. The van der Waals surface area contributed by atoms with Crippen molar-refractivity contribution in [2.24, 2.45) is 0 Å². The van der Waals surface area contributed by atoms with E-state index in [4.69, 9.17) is 23.2 Å². The summed E-state index contributed by atoms with van der Waals surface area (Å²) in [5.41, 5.74) is 0.894. The van der Waals surface area contributed by atoms with Crippen LogP contribution in [0.4, 0.5) is 0 Å². The molecular weight excluding hydrogens is 307 g/mol. The lowest BCUT2D eigenvalue weighted by Crippen LogP contribution is -2.38. The van der Waals surface area contributed by atoms with Gasteiger partial charge in [-0.3, -0.25) is 9.69 Å². The Morgan fingerprint density at radius 3 is 2.52 bits per heavy atom. The molecule has 1 aliphatic heterocycles. The summed E-state index contributed by atoms with van der Waals surface area (Å²) in [5.74, 6) is 0.0513. The van der Waals surface area contributed by atoms with Crippen LogP contribution >= 0.6 is 23.2 Å². The first-order valence-electron chi connectivity index (χ1n) is 7.53. The normalized spacial score (nSPS) is 18.0. The number of nitrogens with zero attached hydrogens (tertiary/aromatic N) is 1. The minimum Gasteiger partial charge on any atom is -0.348 e. The Morgan fingerprint density at radius 2 is 1.90 bits per heavy atom. The highest BCUT2D eigenvalue weighted by atomic mass is 35.5. The lowest BCUT2D eigenvalue weighted by Gasteiger charge is -2.21. The van der Waals surface area contributed by atoms with Gasteiger partial charge in [0.2, 0.25) is 5.91 Å². The molecule has 21 heavy (non-hydrogen) atoms. The van der Waals surface area contributed by atoms with Gasteiger partial charge in [0.25, 0.3) is 0 Å². The second-order valence-electron chi connectivity index (χ2n) is 5.65. The van der Waals surface area contributed by atoms with Crippen LogP contribution in [0.1, 0.15) is 44.2 Å². The van der Waals surface area contributed by atoms with Crippen LogP contribution in [0.5, 0.6) is 0 Å². The molecule has 1 heterocycles. The molecule has 2 rings (SSSR count). The highest BCUT2D eigenvalue weighted by Crippen LogP contribution is 2.26. The topological polar surface area (TPSA) is 32.3 Å². The van der Waals surface area contributed by atoms with Gasteiger partial charge in [-0.05, 0) is 50.6 Å². The van der Waals surface area contributed by atoms with Gasteiger partial charge >= 0.3 is 0 Å². The van der Waals surface area contributed by atoms with E-state index in [1.54, 1.807) is 12.1 Å². The second kappa shape index (κ2) is 8.02. The Hall–Kier alpha value is -0.770. The van der Waals surface area contributed by atoms with Gasteiger partial charge in [-0.25, -0.2) is 0 Å². The van der Waals surface area contributed by atoms with Crippen molar-refractivity contribution in [3.05, 3.63) is 33.8 Å². The van der Waals surface area contributed by atoms with Gasteiger partial charge in [-0.15, -0.1) is 0 Å². The molecule has 1 atom stereocenters. The van der Waals surface area contributed by atoms with Gasteiger partial charge in [-0.2, -0.15) is 0 Å². The van der Waals surface area contributed by atoms with E-state index in [1.807, 2.05) is 13.0 Å². The quantitative estimate of drug-likeness (QED) is 0.904. The van der Waals surface area contributed by atoms with Crippen LogP contribution in [-0.2, 0) is 4.79 Å². The minimum atomic E-state index is -0.116. The summed E-state index contributed by atoms with van der Waals surface area (Å²) in [5, 5.41) is 4.21. The van der Waals surface area contributed by atoms with Crippen molar-refractivity contribution < 1.29 is 4.79 Å². The van der Waals surface area contributed by atoms with Crippen molar-refractivity contribution in [3.63, 3.8) is 0 Å². The molecular formula is C16H22Cl2N2O. The molecule has 0 aliphatic carbocycles. The van der Waals surface area contributed by atoms with Crippen LogP contribution in [0, 0.1) is 0 Å². The number of benzene rings is 1. The third kappa shape index (κ3) is 5.17. The van der Waals surface area contributed by atoms with E-state index < -0.39 is 0 Å². The molecule has 1 aromatic carbocycles. The van der Waals surface area contributed by atoms with Crippen LogP contribution < -0.4 is 5.32 Å². The number of halogens is 2. The van der Waals surface area contributed by atoms with E-state index in [0.29, 0.717) is 16.6 Å². The lowest BCUT2D eigenvalue weighted by atomic mass is 10.1. The zero-order chi connectivity index (χ0) is 15.2. The number of hydrogen-bond acceptors (Lipinski definition) is 2. The molecule has 1 aromatic rings. The third-order valence-corrected chi connectivity index (χ3v) is 4.43. The first kappa shape index (κ1) is 16.6. The molecule has 0 unspecified atom stereocenters. The van der Waals surface area contributed by atoms with Gasteiger partial charge in [0.05, 0.1) is 12.6 Å². The first-order chi connectivity index (χ1) is 10.1. The average Bonchev–Trinajstić information content (AvgIpc) is 2.66. The Labute approximate surface area is 136 Å². The summed E-state index contributed by atoms with van der Waals surface area (Å²) in [6, 6.07) is 5.24. The Kier molecular flexibility index (Phi) is 6.34. The van der Waals surface area contributed by atoms with E-state index in [2.05, 4.69) is 10.2 Å². The Bertz CT molecular complexity index is 485.